The highest BCUT2D eigenvalue weighted by Crippen LogP contribution is 2.12. The summed E-state index contributed by atoms with van der Waals surface area (Å²) in [5, 5.41) is 0. The molecule has 1 aromatic carbocycles. The van der Waals surface area contributed by atoms with Crippen LogP contribution in [0.25, 0.3) is 11.3 Å². The highest BCUT2D eigenvalue weighted by molar-refractivity contribution is 6.35. The molecule has 1 aromatic heterocycles. The molecule has 2 heteroatoms. The van der Waals surface area contributed by atoms with Crippen molar-refractivity contribution >= 4 is 13.3 Å². The van der Waals surface area contributed by atoms with Gasteiger partial charge in [-0.3, -0.25) is 4.98 Å². The first-order chi connectivity index (χ1) is 6.38. The Morgan fingerprint density at radius 3 is 2.38 bits per heavy atom. The predicted octanol–water partition coefficient (Wildman–Crippen LogP) is 1.01. The lowest BCUT2D eigenvalue weighted by Gasteiger charge is -2.03. The van der Waals surface area contributed by atoms with Crippen molar-refractivity contribution in [1.29, 1.82) is 0 Å². The molecule has 0 spiro atoms. The fraction of sp³-hybridized carbons (Fsp3) is 0. The van der Waals surface area contributed by atoms with Crippen molar-refractivity contribution in [2.24, 2.45) is 0 Å². The van der Waals surface area contributed by atoms with E-state index in [1.807, 2.05) is 30.5 Å². The third kappa shape index (κ3) is 1.62. The van der Waals surface area contributed by atoms with Gasteiger partial charge >= 0.3 is 0 Å². The fourth-order valence-corrected chi connectivity index (χ4v) is 1.38. The van der Waals surface area contributed by atoms with Gasteiger partial charge in [-0.15, -0.1) is 0 Å². The number of hydrogen-bond donors (Lipinski definition) is 0. The Bertz CT molecular complexity index is 398. The van der Waals surface area contributed by atoms with Crippen LogP contribution in [-0.2, 0) is 0 Å². The van der Waals surface area contributed by atoms with E-state index in [1.54, 1.807) is 0 Å². The van der Waals surface area contributed by atoms with Gasteiger partial charge < -0.3 is 0 Å². The van der Waals surface area contributed by atoms with Crippen molar-refractivity contribution in [3.8, 4) is 11.3 Å². The highest BCUT2D eigenvalue weighted by Gasteiger charge is 1.99. The van der Waals surface area contributed by atoms with Crippen LogP contribution in [0.15, 0.2) is 48.7 Å². The minimum atomic E-state index is 1.07. The van der Waals surface area contributed by atoms with Gasteiger partial charge in [0.15, 0.2) is 0 Å². The van der Waals surface area contributed by atoms with Gasteiger partial charge in [-0.2, -0.15) is 0 Å². The molecule has 0 bridgehead atoms. The van der Waals surface area contributed by atoms with Crippen molar-refractivity contribution in [3.05, 3.63) is 48.7 Å². The summed E-state index contributed by atoms with van der Waals surface area (Å²) in [5.41, 5.74) is 3.47. The van der Waals surface area contributed by atoms with Crippen molar-refractivity contribution in [2.75, 3.05) is 0 Å². The predicted molar refractivity (Wildman–Crippen MR) is 57.9 cm³/mol. The largest absolute Gasteiger partial charge is 0.257 e. The normalized spacial score (nSPS) is 9.85. The zero-order chi connectivity index (χ0) is 9.10. The second-order valence-electron chi connectivity index (χ2n) is 3.03. The Labute approximate surface area is 78.9 Å². The van der Waals surface area contributed by atoms with Crippen LogP contribution in [0.1, 0.15) is 0 Å². The molecule has 0 unspecified atom stereocenters. The molecular formula is C11H10BN. The van der Waals surface area contributed by atoms with E-state index in [9.17, 15) is 0 Å². The molecule has 2 aromatic rings. The third-order valence-corrected chi connectivity index (χ3v) is 2.06. The van der Waals surface area contributed by atoms with Gasteiger partial charge in [-0.05, 0) is 11.6 Å². The summed E-state index contributed by atoms with van der Waals surface area (Å²) in [6, 6.07) is 14.3. The number of hydrogen-bond acceptors (Lipinski definition) is 1. The molecule has 0 saturated heterocycles. The average Bonchev–Trinajstić information content (AvgIpc) is 2.20. The average molecular weight is 167 g/mol. The van der Waals surface area contributed by atoms with E-state index < -0.39 is 0 Å². The molecule has 0 aliphatic rings. The molecule has 0 N–H and O–H groups in total. The topological polar surface area (TPSA) is 12.9 Å². The molecule has 0 aliphatic heterocycles. The Kier molecular flexibility index (Phi) is 2.13. The van der Waals surface area contributed by atoms with Crippen LogP contribution >= 0.6 is 0 Å². The molecule has 0 amide bonds. The van der Waals surface area contributed by atoms with Gasteiger partial charge in [-0.25, -0.2) is 0 Å². The molecule has 62 valence electrons. The van der Waals surface area contributed by atoms with Gasteiger partial charge in [0.25, 0.3) is 0 Å². The van der Waals surface area contributed by atoms with E-state index in [4.69, 9.17) is 0 Å². The summed E-state index contributed by atoms with van der Waals surface area (Å²) < 4.78 is 0. The van der Waals surface area contributed by atoms with Crippen LogP contribution in [0.4, 0.5) is 0 Å². The smallest absolute Gasteiger partial charge is 0.142 e. The summed E-state index contributed by atoms with van der Waals surface area (Å²) in [7, 11) is 2.08. The van der Waals surface area contributed by atoms with Crippen LogP contribution in [0, 0.1) is 0 Å². The van der Waals surface area contributed by atoms with Crippen LogP contribution in [-0.4, -0.2) is 12.8 Å². The van der Waals surface area contributed by atoms with E-state index >= 15 is 0 Å². The first kappa shape index (κ1) is 8.05. The maximum absolute atomic E-state index is 4.35. The summed E-state index contributed by atoms with van der Waals surface area (Å²) in [6.07, 6.45) is 1.83. The van der Waals surface area contributed by atoms with Gasteiger partial charge in [0.05, 0.1) is 5.69 Å². The summed E-state index contributed by atoms with van der Waals surface area (Å²) in [4.78, 5) is 4.35. The Balaban J connectivity index is 2.54. The van der Waals surface area contributed by atoms with E-state index in [-0.39, 0.29) is 0 Å². The minimum absolute atomic E-state index is 1.07. The highest BCUT2D eigenvalue weighted by atomic mass is 14.7. The fourth-order valence-electron chi connectivity index (χ4n) is 1.38. The minimum Gasteiger partial charge on any atom is -0.257 e. The van der Waals surface area contributed by atoms with E-state index in [0.29, 0.717) is 0 Å². The molecule has 0 atom stereocenters. The molecule has 0 saturated carbocycles. The zero-order valence-corrected chi connectivity index (χ0v) is 7.57. The van der Waals surface area contributed by atoms with Crippen molar-refractivity contribution in [2.45, 2.75) is 0 Å². The molecule has 0 aliphatic carbocycles. The first-order valence-electron chi connectivity index (χ1n) is 4.35. The Hall–Kier alpha value is -1.57. The lowest BCUT2D eigenvalue weighted by molar-refractivity contribution is 1.34. The third-order valence-electron chi connectivity index (χ3n) is 2.06. The Morgan fingerprint density at radius 1 is 0.923 bits per heavy atom. The standard InChI is InChI=1S/C11H10BN/c12-10-7-4-8-13-11(10)9-5-2-1-3-6-9/h1-8H,12H2. The second kappa shape index (κ2) is 3.44. The molecule has 13 heavy (non-hydrogen) atoms. The molecule has 2 rings (SSSR count). The summed E-state index contributed by atoms with van der Waals surface area (Å²) in [5.74, 6) is 0. The lowest BCUT2D eigenvalue weighted by atomic mass is 9.91. The number of aromatic nitrogens is 1. The maximum Gasteiger partial charge on any atom is 0.142 e. The zero-order valence-electron chi connectivity index (χ0n) is 7.57. The molecule has 0 fully saturated rings. The molecule has 0 radical (unpaired) electrons. The second-order valence-corrected chi connectivity index (χ2v) is 3.03. The van der Waals surface area contributed by atoms with Crippen LogP contribution in [0.3, 0.4) is 0 Å². The lowest BCUT2D eigenvalue weighted by Crippen LogP contribution is -2.07. The first-order valence-corrected chi connectivity index (χ1v) is 4.35. The van der Waals surface area contributed by atoms with Gasteiger partial charge in [-0.1, -0.05) is 41.9 Å². The van der Waals surface area contributed by atoms with Gasteiger partial charge in [0, 0.05) is 6.20 Å². The van der Waals surface area contributed by atoms with E-state index in [1.165, 1.54) is 11.0 Å². The van der Waals surface area contributed by atoms with Crippen molar-refractivity contribution in [1.82, 2.24) is 4.98 Å². The SMILES string of the molecule is Bc1cccnc1-c1ccccc1. The van der Waals surface area contributed by atoms with Crippen molar-refractivity contribution in [3.63, 3.8) is 0 Å². The van der Waals surface area contributed by atoms with Crippen LogP contribution in [0.5, 0.6) is 0 Å². The van der Waals surface area contributed by atoms with Gasteiger partial charge in [0.2, 0.25) is 0 Å². The summed E-state index contributed by atoms with van der Waals surface area (Å²) >= 11 is 0. The number of rotatable bonds is 1. The molecular weight excluding hydrogens is 157 g/mol. The van der Waals surface area contributed by atoms with Crippen LogP contribution in [0.2, 0.25) is 0 Å². The number of nitrogens with zero attached hydrogens (tertiary/aromatic N) is 1. The molecule has 1 nitrogen and oxygen atoms in total. The van der Waals surface area contributed by atoms with E-state index in [2.05, 4.69) is 31.0 Å². The Morgan fingerprint density at radius 2 is 1.69 bits per heavy atom. The van der Waals surface area contributed by atoms with Crippen LogP contribution < -0.4 is 5.46 Å². The quantitative estimate of drug-likeness (QED) is 0.577. The maximum atomic E-state index is 4.35. The molecule has 1 heterocycles. The monoisotopic (exact) mass is 167 g/mol. The van der Waals surface area contributed by atoms with Crippen molar-refractivity contribution < 1.29 is 0 Å². The van der Waals surface area contributed by atoms with Gasteiger partial charge in [0.1, 0.15) is 7.85 Å². The van der Waals surface area contributed by atoms with E-state index in [0.717, 1.165) is 5.69 Å². The summed E-state index contributed by atoms with van der Waals surface area (Å²) in [6.45, 7) is 0. The number of benzene rings is 1. The number of pyridine rings is 1.